The van der Waals surface area contributed by atoms with E-state index in [0.717, 1.165) is 24.4 Å². The van der Waals surface area contributed by atoms with Gasteiger partial charge < -0.3 is 8.98 Å². The molecule has 3 heterocycles. The van der Waals surface area contributed by atoms with Crippen LogP contribution >= 0.6 is 0 Å². The fourth-order valence-corrected chi connectivity index (χ4v) is 3.33. The molecule has 0 aliphatic carbocycles. The van der Waals surface area contributed by atoms with E-state index in [4.69, 9.17) is 9.68 Å². The first-order valence-corrected chi connectivity index (χ1v) is 8.95. The van der Waals surface area contributed by atoms with Crippen molar-refractivity contribution in [3.05, 3.63) is 64.9 Å². The van der Waals surface area contributed by atoms with Crippen molar-refractivity contribution in [1.29, 1.82) is 5.26 Å². The topological polar surface area (TPSA) is 80.5 Å². The Morgan fingerprint density at radius 1 is 1.03 bits per heavy atom. The molecule has 12 heteroatoms. The molecular formula is C20H11F6N5O. The van der Waals surface area contributed by atoms with Gasteiger partial charge in [-0.1, -0.05) is 0 Å². The molecule has 0 saturated carbocycles. The summed E-state index contributed by atoms with van der Waals surface area (Å²) in [6, 6.07) is 7.26. The third-order valence-corrected chi connectivity index (χ3v) is 4.76. The normalized spacial score (nSPS) is 12.3. The van der Waals surface area contributed by atoms with Crippen LogP contribution in [-0.2, 0) is 18.9 Å². The predicted octanol–water partition coefficient (Wildman–Crippen LogP) is 5.35. The Bertz CT molecular complexity index is 1340. The predicted molar refractivity (Wildman–Crippen MR) is 98.0 cm³/mol. The lowest BCUT2D eigenvalue weighted by Gasteiger charge is -2.11. The van der Waals surface area contributed by atoms with Gasteiger partial charge in [-0.25, -0.2) is 0 Å². The second kappa shape index (κ2) is 7.37. The minimum absolute atomic E-state index is 0.0263. The van der Waals surface area contributed by atoms with Gasteiger partial charge in [-0.3, -0.25) is 4.98 Å². The first-order valence-electron chi connectivity index (χ1n) is 8.95. The lowest BCUT2D eigenvalue weighted by Crippen LogP contribution is -2.09. The van der Waals surface area contributed by atoms with Crippen LogP contribution in [0.5, 0.6) is 0 Å². The minimum atomic E-state index is -4.73. The van der Waals surface area contributed by atoms with Crippen molar-refractivity contribution in [2.75, 3.05) is 0 Å². The highest BCUT2D eigenvalue weighted by atomic mass is 19.4. The maximum absolute atomic E-state index is 13.5. The Kier molecular flexibility index (Phi) is 4.92. The number of hydrogen-bond donors (Lipinski definition) is 0. The maximum Gasteiger partial charge on any atom is 0.433 e. The van der Waals surface area contributed by atoms with Crippen molar-refractivity contribution >= 4 is 10.9 Å². The van der Waals surface area contributed by atoms with E-state index in [0.29, 0.717) is 5.69 Å². The number of rotatable bonds is 3. The van der Waals surface area contributed by atoms with Crippen molar-refractivity contribution in [2.45, 2.75) is 25.8 Å². The molecule has 32 heavy (non-hydrogen) atoms. The Labute approximate surface area is 175 Å². The third-order valence-electron chi connectivity index (χ3n) is 4.76. The second-order valence-corrected chi connectivity index (χ2v) is 6.83. The Morgan fingerprint density at radius 3 is 2.38 bits per heavy atom. The number of hydrogen-bond acceptors (Lipinski definition) is 5. The van der Waals surface area contributed by atoms with Crippen LogP contribution in [0.4, 0.5) is 26.3 Å². The molecule has 4 rings (SSSR count). The molecule has 0 fully saturated rings. The quantitative estimate of drug-likeness (QED) is 0.392. The SMILES string of the molecule is Cc1cc2c(C(F)(F)F)c(C#N)ccc2n1Cc1nnc(-c2ccc(C(F)(F)F)nc2)o1. The smallest absolute Gasteiger partial charge is 0.419 e. The zero-order valence-corrected chi connectivity index (χ0v) is 16.1. The molecule has 0 aliphatic heterocycles. The number of halogens is 6. The van der Waals surface area contributed by atoms with Gasteiger partial charge in [0.05, 0.1) is 22.8 Å². The van der Waals surface area contributed by atoms with Gasteiger partial charge in [-0.15, -0.1) is 10.2 Å². The van der Waals surface area contributed by atoms with Crippen LogP contribution < -0.4 is 0 Å². The van der Waals surface area contributed by atoms with Crippen LogP contribution in [0, 0.1) is 18.3 Å². The molecule has 164 valence electrons. The van der Waals surface area contributed by atoms with Gasteiger partial charge in [-0.2, -0.15) is 31.6 Å². The van der Waals surface area contributed by atoms with Crippen LogP contribution in [-0.4, -0.2) is 19.7 Å². The van der Waals surface area contributed by atoms with Gasteiger partial charge in [0.25, 0.3) is 0 Å². The molecule has 1 aromatic carbocycles. The standard InChI is InChI=1S/C20H11F6N5O/c1-10-6-13-14(4-2-11(7-27)17(13)20(24,25)26)31(10)9-16-29-30-18(32-16)12-3-5-15(28-8-12)19(21,22)23/h2-6,8H,9H2,1H3. The van der Waals surface area contributed by atoms with Gasteiger partial charge in [0.2, 0.25) is 11.8 Å². The number of nitrogens with zero attached hydrogens (tertiary/aromatic N) is 5. The summed E-state index contributed by atoms with van der Waals surface area (Å²) in [7, 11) is 0. The van der Waals surface area contributed by atoms with E-state index in [1.54, 1.807) is 13.0 Å². The number of fused-ring (bicyclic) bond motifs is 1. The molecule has 4 aromatic rings. The van der Waals surface area contributed by atoms with Gasteiger partial charge in [0.1, 0.15) is 12.2 Å². The largest absolute Gasteiger partial charge is 0.433 e. The zero-order chi connectivity index (χ0) is 23.3. The molecule has 0 amide bonds. The van der Waals surface area contributed by atoms with E-state index in [1.165, 1.54) is 16.7 Å². The van der Waals surface area contributed by atoms with Crippen molar-refractivity contribution in [3.8, 4) is 17.5 Å². The Morgan fingerprint density at radius 2 is 1.78 bits per heavy atom. The van der Waals surface area contributed by atoms with Crippen molar-refractivity contribution in [3.63, 3.8) is 0 Å². The van der Waals surface area contributed by atoms with Gasteiger partial charge in [0, 0.05) is 22.8 Å². The minimum Gasteiger partial charge on any atom is -0.419 e. The van der Waals surface area contributed by atoms with E-state index in [1.807, 2.05) is 0 Å². The van der Waals surface area contributed by atoms with Gasteiger partial charge in [-0.05, 0) is 37.3 Å². The number of benzene rings is 1. The fraction of sp³-hybridized carbons (Fsp3) is 0.200. The molecule has 0 aliphatic rings. The molecule has 0 atom stereocenters. The van der Waals surface area contributed by atoms with Crippen molar-refractivity contribution in [1.82, 2.24) is 19.7 Å². The molecule has 0 bridgehead atoms. The number of alkyl halides is 6. The highest BCUT2D eigenvalue weighted by molar-refractivity contribution is 5.87. The van der Waals surface area contributed by atoms with Gasteiger partial charge >= 0.3 is 12.4 Å². The van der Waals surface area contributed by atoms with E-state index < -0.39 is 29.2 Å². The van der Waals surface area contributed by atoms with Crippen LogP contribution in [0.1, 0.15) is 28.4 Å². The first-order chi connectivity index (χ1) is 15.0. The fourth-order valence-electron chi connectivity index (χ4n) is 3.33. The molecule has 0 saturated heterocycles. The highest BCUT2D eigenvalue weighted by Crippen LogP contribution is 2.38. The summed E-state index contributed by atoms with van der Waals surface area (Å²) in [6.45, 7) is 1.50. The molecular weight excluding hydrogens is 440 g/mol. The van der Waals surface area contributed by atoms with E-state index in [-0.39, 0.29) is 34.8 Å². The van der Waals surface area contributed by atoms with Crippen LogP contribution in [0.2, 0.25) is 0 Å². The Hall–Kier alpha value is -3.88. The molecule has 6 nitrogen and oxygen atoms in total. The number of aryl methyl sites for hydroxylation is 1. The maximum atomic E-state index is 13.5. The van der Waals surface area contributed by atoms with E-state index in [9.17, 15) is 26.3 Å². The number of nitriles is 1. The van der Waals surface area contributed by atoms with Crippen LogP contribution in [0.25, 0.3) is 22.4 Å². The summed E-state index contributed by atoms with van der Waals surface area (Å²) in [5.41, 5.74) is -1.77. The number of pyridine rings is 1. The molecule has 0 spiro atoms. The van der Waals surface area contributed by atoms with Crippen molar-refractivity contribution < 1.29 is 30.8 Å². The summed E-state index contributed by atoms with van der Waals surface area (Å²) in [4.78, 5) is 3.32. The van der Waals surface area contributed by atoms with Crippen LogP contribution in [0.15, 0.2) is 40.9 Å². The lowest BCUT2D eigenvalue weighted by atomic mass is 10.0. The number of aromatic nitrogens is 4. The average molecular weight is 451 g/mol. The first kappa shape index (κ1) is 21.4. The van der Waals surface area contributed by atoms with Crippen LogP contribution in [0.3, 0.4) is 0 Å². The summed E-state index contributed by atoms with van der Waals surface area (Å²) in [5, 5.41) is 16.5. The average Bonchev–Trinajstić information content (AvgIpc) is 3.31. The summed E-state index contributed by atoms with van der Waals surface area (Å²) < 4.78 is 85.6. The van der Waals surface area contributed by atoms with E-state index in [2.05, 4.69) is 15.2 Å². The van der Waals surface area contributed by atoms with Gasteiger partial charge in [0.15, 0.2) is 0 Å². The second-order valence-electron chi connectivity index (χ2n) is 6.83. The molecule has 0 N–H and O–H groups in total. The highest BCUT2D eigenvalue weighted by Gasteiger charge is 2.36. The monoisotopic (exact) mass is 451 g/mol. The molecule has 3 aromatic heterocycles. The third kappa shape index (κ3) is 3.77. The summed E-state index contributed by atoms with van der Waals surface area (Å²) >= 11 is 0. The van der Waals surface area contributed by atoms with E-state index >= 15 is 0 Å². The summed E-state index contributed by atoms with van der Waals surface area (Å²) in [5.74, 6) is -0.0588. The summed E-state index contributed by atoms with van der Waals surface area (Å²) in [6.07, 6.45) is -8.38. The molecule has 0 unspecified atom stereocenters. The Balaban J connectivity index is 1.69. The lowest BCUT2D eigenvalue weighted by molar-refractivity contribution is -0.141. The van der Waals surface area contributed by atoms with Crippen molar-refractivity contribution in [2.24, 2.45) is 0 Å². The zero-order valence-electron chi connectivity index (χ0n) is 16.1. The molecule has 0 radical (unpaired) electrons.